The molecule has 0 aromatic carbocycles. The second-order valence-corrected chi connectivity index (χ2v) is 5.42. The molecule has 4 heteroatoms. The molecule has 0 aliphatic heterocycles. The molecule has 0 radical (unpaired) electrons. The maximum Gasteiger partial charge on any atom is 0.140 e. The van der Waals surface area contributed by atoms with Gasteiger partial charge >= 0.3 is 0 Å². The highest BCUT2D eigenvalue weighted by Gasteiger charge is 2.26. The number of hydrogen-bond donors (Lipinski definition) is 2. The number of nitrogen functional groups attached to an aromatic ring is 1. The topological polar surface area (TPSA) is 66.0 Å². The molecule has 100 valence electrons. The molecule has 0 bridgehead atoms. The van der Waals surface area contributed by atoms with Crippen molar-refractivity contribution in [2.45, 2.75) is 46.6 Å². The number of anilines is 1. The number of pyridine rings is 1. The summed E-state index contributed by atoms with van der Waals surface area (Å²) < 4.78 is 0. The van der Waals surface area contributed by atoms with Gasteiger partial charge in [-0.1, -0.05) is 6.92 Å². The molecule has 0 aliphatic rings. The lowest BCUT2D eigenvalue weighted by Gasteiger charge is -2.37. The highest BCUT2D eigenvalue weighted by atomic mass is 15.2. The van der Waals surface area contributed by atoms with E-state index in [0.717, 1.165) is 29.1 Å². The molecule has 1 aromatic heterocycles. The van der Waals surface area contributed by atoms with Crippen LogP contribution in [0.25, 0.3) is 0 Å². The third-order valence-electron chi connectivity index (χ3n) is 3.69. The number of hydrogen-bond acceptors (Lipinski definition) is 3. The van der Waals surface area contributed by atoms with Crippen molar-refractivity contribution in [2.75, 3.05) is 11.9 Å². The summed E-state index contributed by atoms with van der Waals surface area (Å²) >= 11 is 0. The van der Waals surface area contributed by atoms with Crippen molar-refractivity contribution in [1.29, 1.82) is 5.41 Å². The quantitative estimate of drug-likeness (QED) is 0.636. The molecule has 0 spiro atoms. The Balaban J connectivity index is 3.44. The van der Waals surface area contributed by atoms with Crippen LogP contribution in [0, 0.1) is 19.3 Å². The summed E-state index contributed by atoms with van der Waals surface area (Å²) in [5.41, 5.74) is 8.38. The van der Waals surface area contributed by atoms with Crippen LogP contribution in [0.2, 0.25) is 0 Å². The van der Waals surface area contributed by atoms with E-state index in [1.54, 1.807) is 0 Å². The van der Waals surface area contributed by atoms with E-state index >= 15 is 0 Å². The Labute approximate surface area is 110 Å². The average Bonchev–Trinajstić information content (AvgIpc) is 2.26. The predicted octanol–water partition coefficient (Wildman–Crippen LogP) is 2.61. The van der Waals surface area contributed by atoms with Gasteiger partial charge in [0.25, 0.3) is 0 Å². The van der Waals surface area contributed by atoms with Gasteiger partial charge in [0.1, 0.15) is 11.7 Å². The molecule has 0 fully saturated rings. The van der Waals surface area contributed by atoms with E-state index < -0.39 is 0 Å². The van der Waals surface area contributed by atoms with Crippen molar-refractivity contribution in [3.05, 3.63) is 22.9 Å². The molecule has 0 unspecified atom stereocenters. The number of nitrogens with zero attached hydrogens (tertiary/aromatic N) is 2. The fourth-order valence-corrected chi connectivity index (χ4v) is 1.92. The fraction of sp³-hybridized carbons (Fsp3) is 0.571. The molecular formula is C14H24N4. The van der Waals surface area contributed by atoms with Crippen molar-refractivity contribution < 1.29 is 0 Å². The first-order chi connectivity index (χ1) is 8.20. The van der Waals surface area contributed by atoms with Gasteiger partial charge in [-0.05, 0) is 45.7 Å². The number of rotatable bonds is 4. The maximum absolute atomic E-state index is 7.75. The zero-order valence-electron chi connectivity index (χ0n) is 12.3. The fourth-order valence-electron chi connectivity index (χ4n) is 1.92. The van der Waals surface area contributed by atoms with Gasteiger partial charge in [-0.15, -0.1) is 0 Å². The van der Waals surface area contributed by atoms with Gasteiger partial charge in [0.2, 0.25) is 0 Å². The van der Waals surface area contributed by atoms with Crippen molar-refractivity contribution in [3.63, 3.8) is 0 Å². The molecule has 1 rings (SSSR count). The van der Waals surface area contributed by atoms with Gasteiger partial charge < -0.3 is 10.6 Å². The third-order valence-corrected chi connectivity index (χ3v) is 3.69. The zero-order chi connectivity index (χ0) is 14.1. The highest BCUT2D eigenvalue weighted by molar-refractivity contribution is 6.01. The van der Waals surface area contributed by atoms with Gasteiger partial charge in [-0.2, -0.15) is 0 Å². The number of aryl methyl sites for hydroxylation is 2. The molecule has 0 aliphatic carbocycles. The Kier molecular flexibility index (Phi) is 3.99. The summed E-state index contributed by atoms with van der Waals surface area (Å²) in [5, 5.41) is 7.75. The standard InChI is InChI=1S/C14H24N4/c1-7-14(4,5)18(6)13-11(12(15)16)9(2)8-10(3)17-13/h8H,7H2,1-6H3,(H3,15,16). The minimum atomic E-state index is -0.0164. The van der Waals surface area contributed by atoms with Crippen LogP contribution in [-0.4, -0.2) is 23.4 Å². The smallest absolute Gasteiger partial charge is 0.140 e. The molecule has 18 heavy (non-hydrogen) atoms. The van der Waals surface area contributed by atoms with Crippen LogP contribution >= 0.6 is 0 Å². The predicted molar refractivity (Wildman–Crippen MR) is 77.5 cm³/mol. The van der Waals surface area contributed by atoms with Gasteiger partial charge in [-0.25, -0.2) is 4.98 Å². The number of aromatic nitrogens is 1. The van der Waals surface area contributed by atoms with Crippen LogP contribution in [0.5, 0.6) is 0 Å². The van der Waals surface area contributed by atoms with Crippen molar-refractivity contribution in [2.24, 2.45) is 5.73 Å². The summed E-state index contributed by atoms with van der Waals surface area (Å²) in [6, 6.07) is 1.97. The minimum absolute atomic E-state index is 0.0164. The number of nitrogens with one attached hydrogen (secondary N) is 1. The SMILES string of the molecule is CCC(C)(C)N(C)c1nc(C)cc(C)c1C(=N)N. The van der Waals surface area contributed by atoms with E-state index in [-0.39, 0.29) is 11.4 Å². The van der Waals surface area contributed by atoms with Gasteiger partial charge in [-0.3, -0.25) is 5.41 Å². The Morgan fingerprint density at radius 2 is 2.00 bits per heavy atom. The Morgan fingerprint density at radius 3 is 2.44 bits per heavy atom. The Hall–Kier alpha value is -1.58. The highest BCUT2D eigenvalue weighted by Crippen LogP contribution is 2.28. The molecular weight excluding hydrogens is 224 g/mol. The Bertz CT molecular complexity index is 463. The van der Waals surface area contributed by atoms with E-state index in [9.17, 15) is 0 Å². The van der Waals surface area contributed by atoms with E-state index in [4.69, 9.17) is 11.1 Å². The summed E-state index contributed by atoms with van der Waals surface area (Å²) in [4.78, 5) is 6.69. The first-order valence-corrected chi connectivity index (χ1v) is 6.27. The zero-order valence-corrected chi connectivity index (χ0v) is 12.3. The minimum Gasteiger partial charge on any atom is -0.384 e. The molecule has 1 aromatic rings. The molecule has 0 atom stereocenters. The van der Waals surface area contributed by atoms with Crippen molar-refractivity contribution in [1.82, 2.24) is 4.98 Å². The van der Waals surface area contributed by atoms with Crippen molar-refractivity contribution in [3.8, 4) is 0 Å². The van der Waals surface area contributed by atoms with Crippen LogP contribution in [-0.2, 0) is 0 Å². The lowest BCUT2D eigenvalue weighted by Crippen LogP contribution is -2.42. The van der Waals surface area contributed by atoms with Crippen LogP contribution < -0.4 is 10.6 Å². The molecule has 0 amide bonds. The second-order valence-electron chi connectivity index (χ2n) is 5.42. The summed E-state index contributed by atoms with van der Waals surface area (Å²) in [5.74, 6) is 0.876. The number of amidine groups is 1. The molecule has 4 nitrogen and oxygen atoms in total. The van der Waals surface area contributed by atoms with Gasteiger partial charge in [0, 0.05) is 18.3 Å². The van der Waals surface area contributed by atoms with E-state index in [1.807, 2.05) is 27.0 Å². The second kappa shape index (κ2) is 4.96. The lowest BCUT2D eigenvalue weighted by molar-refractivity contribution is 0.467. The molecule has 0 saturated heterocycles. The van der Waals surface area contributed by atoms with Crippen molar-refractivity contribution >= 4 is 11.7 Å². The average molecular weight is 248 g/mol. The normalized spacial score (nSPS) is 11.4. The van der Waals surface area contributed by atoms with Crippen LogP contribution in [0.1, 0.15) is 44.0 Å². The summed E-state index contributed by atoms with van der Waals surface area (Å²) in [7, 11) is 2.01. The van der Waals surface area contributed by atoms with Crippen LogP contribution in [0.4, 0.5) is 5.82 Å². The van der Waals surface area contributed by atoms with Crippen LogP contribution in [0.15, 0.2) is 6.07 Å². The monoisotopic (exact) mass is 248 g/mol. The van der Waals surface area contributed by atoms with Crippen LogP contribution in [0.3, 0.4) is 0 Å². The Morgan fingerprint density at radius 1 is 1.44 bits per heavy atom. The van der Waals surface area contributed by atoms with Gasteiger partial charge in [0.15, 0.2) is 0 Å². The van der Waals surface area contributed by atoms with E-state index in [2.05, 4.69) is 30.7 Å². The summed E-state index contributed by atoms with van der Waals surface area (Å²) in [6.45, 7) is 10.4. The first kappa shape index (κ1) is 14.5. The van der Waals surface area contributed by atoms with E-state index in [0.29, 0.717) is 0 Å². The molecule has 3 N–H and O–H groups in total. The van der Waals surface area contributed by atoms with Gasteiger partial charge in [0.05, 0.1) is 5.56 Å². The number of nitrogens with two attached hydrogens (primary N) is 1. The molecule has 0 saturated carbocycles. The largest absolute Gasteiger partial charge is 0.384 e. The summed E-state index contributed by atoms with van der Waals surface area (Å²) in [6.07, 6.45) is 0.996. The third kappa shape index (κ3) is 2.63. The first-order valence-electron chi connectivity index (χ1n) is 6.27. The van der Waals surface area contributed by atoms with E-state index in [1.165, 1.54) is 0 Å². The molecule has 1 heterocycles. The lowest BCUT2D eigenvalue weighted by atomic mass is 9.98. The maximum atomic E-state index is 7.75.